The van der Waals surface area contributed by atoms with Crippen molar-refractivity contribution in [1.29, 1.82) is 0 Å². The number of halogens is 1. The number of hydrogen-bond donors (Lipinski definition) is 0. The first-order chi connectivity index (χ1) is 7.22. The van der Waals surface area contributed by atoms with E-state index in [9.17, 15) is 9.59 Å². The van der Waals surface area contributed by atoms with Crippen LogP contribution in [0.3, 0.4) is 0 Å². The van der Waals surface area contributed by atoms with Crippen molar-refractivity contribution in [2.24, 2.45) is 0 Å². The fourth-order valence-electron chi connectivity index (χ4n) is 1.30. The number of carbonyl (C=O) groups excluding carboxylic acids is 2. The number of unbranched alkanes of at least 4 members (excludes halogenated alkanes) is 5. The number of alkyl halides is 1. The largest absolute Gasteiger partial charge is 0.463 e. The summed E-state index contributed by atoms with van der Waals surface area (Å²) in [4.78, 5) is 21.8. The molecule has 0 aliphatic carbocycles. The van der Waals surface area contributed by atoms with Crippen LogP contribution in [0.25, 0.3) is 0 Å². The Morgan fingerprint density at radius 3 is 2.07 bits per heavy atom. The first-order valence-electron chi connectivity index (χ1n) is 5.39. The van der Waals surface area contributed by atoms with Crippen LogP contribution in [-0.2, 0) is 14.3 Å². The average molecular weight is 326 g/mol. The summed E-state index contributed by atoms with van der Waals surface area (Å²) >= 11 is 2.38. The number of carbonyl (C=O) groups is 2. The van der Waals surface area contributed by atoms with Gasteiger partial charge in [0.25, 0.3) is 0 Å². The maximum Gasteiger partial charge on any atom is 0.374 e. The molecule has 0 fully saturated rings. The second kappa shape index (κ2) is 10.4. The molecular weight excluding hydrogens is 307 g/mol. The summed E-state index contributed by atoms with van der Waals surface area (Å²) in [5.74, 6) is -1.11. The van der Waals surface area contributed by atoms with Crippen molar-refractivity contribution in [3.05, 3.63) is 0 Å². The summed E-state index contributed by atoms with van der Waals surface area (Å²) in [5, 5.41) is 0. The van der Waals surface area contributed by atoms with Gasteiger partial charge in [0.05, 0.1) is 7.11 Å². The highest BCUT2D eigenvalue weighted by atomic mass is 127. The monoisotopic (exact) mass is 326 g/mol. The van der Waals surface area contributed by atoms with Gasteiger partial charge in [-0.1, -0.05) is 48.3 Å². The molecule has 0 rings (SSSR count). The second-order valence-electron chi connectivity index (χ2n) is 3.48. The Morgan fingerprint density at radius 2 is 1.53 bits per heavy atom. The average Bonchev–Trinajstić information content (AvgIpc) is 2.26. The van der Waals surface area contributed by atoms with Crippen LogP contribution in [0.4, 0.5) is 0 Å². The molecule has 0 saturated heterocycles. The van der Waals surface area contributed by atoms with Gasteiger partial charge < -0.3 is 4.74 Å². The zero-order chi connectivity index (χ0) is 11.5. The number of Topliss-reactive ketones (excluding diaryl/α,β-unsaturated/α-hetero) is 1. The topological polar surface area (TPSA) is 43.4 Å². The minimum atomic E-state index is -0.708. The number of ketones is 1. The number of esters is 1. The maximum atomic E-state index is 11.0. The third-order valence-electron chi connectivity index (χ3n) is 2.20. The van der Waals surface area contributed by atoms with E-state index in [4.69, 9.17) is 0 Å². The molecule has 88 valence electrons. The van der Waals surface area contributed by atoms with Crippen molar-refractivity contribution in [2.45, 2.75) is 44.9 Å². The molecule has 0 aliphatic heterocycles. The molecule has 0 saturated carbocycles. The van der Waals surface area contributed by atoms with Crippen LogP contribution >= 0.6 is 22.6 Å². The van der Waals surface area contributed by atoms with Crippen LogP contribution in [0.2, 0.25) is 0 Å². The maximum absolute atomic E-state index is 11.0. The lowest BCUT2D eigenvalue weighted by Crippen LogP contribution is -2.14. The molecule has 0 aromatic heterocycles. The Hall–Kier alpha value is -0.130. The van der Waals surface area contributed by atoms with Gasteiger partial charge in [-0.05, 0) is 17.3 Å². The summed E-state index contributed by atoms with van der Waals surface area (Å²) < 4.78 is 5.55. The van der Waals surface area contributed by atoms with E-state index in [0.29, 0.717) is 6.42 Å². The first kappa shape index (κ1) is 14.9. The van der Waals surface area contributed by atoms with Gasteiger partial charge in [0, 0.05) is 6.42 Å². The molecular formula is C11H19IO3. The number of ether oxygens (including phenoxy) is 1. The second-order valence-corrected chi connectivity index (χ2v) is 4.55. The fourth-order valence-corrected chi connectivity index (χ4v) is 1.84. The molecule has 0 aromatic carbocycles. The molecule has 0 heterocycles. The zero-order valence-electron chi connectivity index (χ0n) is 9.26. The first-order valence-corrected chi connectivity index (χ1v) is 6.92. The summed E-state index contributed by atoms with van der Waals surface area (Å²) in [6, 6.07) is 0. The van der Waals surface area contributed by atoms with E-state index in [1.54, 1.807) is 0 Å². The molecule has 0 N–H and O–H groups in total. The number of hydrogen-bond acceptors (Lipinski definition) is 3. The van der Waals surface area contributed by atoms with Crippen LogP contribution in [0.1, 0.15) is 44.9 Å². The summed E-state index contributed by atoms with van der Waals surface area (Å²) in [6.07, 6.45) is 7.11. The minimum absolute atomic E-state index is 0.332. The van der Waals surface area contributed by atoms with Gasteiger partial charge in [-0.3, -0.25) is 4.79 Å². The normalized spacial score (nSPS) is 10.0. The van der Waals surface area contributed by atoms with Gasteiger partial charge in [0.15, 0.2) is 0 Å². The van der Waals surface area contributed by atoms with Gasteiger partial charge in [-0.2, -0.15) is 0 Å². The SMILES string of the molecule is COC(=O)C(=O)CCCCCCCCI. The van der Waals surface area contributed by atoms with Crippen LogP contribution in [0, 0.1) is 0 Å². The van der Waals surface area contributed by atoms with Crippen LogP contribution in [0.5, 0.6) is 0 Å². The summed E-state index contributed by atoms with van der Waals surface area (Å²) in [6.45, 7) is 0. The van der Waals surface area contributed by atoms with Crippen LogP contribution < -0.4 is 0 Å². The lowest BCUT2D eigenvalue weighted by molar-refractivity contribution is -0.151. The Morgan fingerprint density at radius 1 is 1.00 bits per heavy atom. The molecule has 0 amide bonds. The molecule has 0 atom stereocenters. The molecule has 0 radical (unpaired) electrons. The van der Waals surface area contributed by atoms with Crippen molar-refractivity contribution >= 4 is 34.3 Å². The van der Waals surface area contributed by atoms with Gasteiger partial charge in [0.1, 0.15) is 0 Å². The Bertz CT molecular complexity index is 192. The van der Waals surface area contributed by atoms with Crippen LogP contribution in [-0.4, -0.2) is 23.3 Å². The highest BCUT2D eigenvalue weighted by Crippen LogP contribution is 2.08. The fraction of sp³-hybridized carbons (Fsp3) is 0.818. The number of rotatable bonds is 9. The Kier molecular flexibility index (Phi) is 10.3. The molecule has 0 unspecified atom stereocenters. The number of methoxy groups -OCH3 is 1. The van der Waals surface area contributed by atoms with Crippen molar-refractivity contribution < 1.29 is 14.3 Å². The molecule has 3 nitrogen and oxygen atoms in total. The van der Waals surface area contributed by atoms with E-state index < -0.39 is 11.8 Å². The zero-order valence-corrected chi connectivity index (χ0v) is 11.4. The summed E-state index contributed by atoms with van der Waals surface area (Å²) in [7, 11) is 1.24. The quantitative estimate of drug-likeness (QED) is 0.215. The lowest BCUT2D eigenvalue weighted by atomic mass is 10.1. The van der Waals surface area contributed by atoms with E-state index in [0.717, 1.165) is 19.3 Å². The predicted octanol–water partition coefficient (Wildman–Crippen LogP) is 2.89. The predicted molar refractivity (Wildman–Crippen MR) is 68.2 cm³/mol. The molecule has 0 bridgehead atoms. The third kappa shape index (κ3) is 8.84. The third-order valence-corrected chi connectivity index (χ3v) is 2.96. The highest BCUT2D eigenvalue weighted by Gasteiger charge is 2.12. The van der Waals surface area contributed by atoms with Crippen molar-refractivity contribution in [2.75, 3.05) is 11.5 Å². The van der Waals surface area contributed by atoms with Crippen LogP contribution in [0.15, 0.2) is 0 Å². The van der Waals surface area contributed by atoms with Gasteiger partial charge >= 0.3 is 5.97 Å². The van der Waals surface area contributed by atoms with Crippen molar-refractivity contribution in [1.82, 2.24) is 0 Å². The molecule has 0 aliphatic rings. The summed E-state index contributed by atoms with van der Waals surface area (Å²) in [5.41, 5.74) is 0. The smallest absolute Gasteiger partial charge is 0.374 e. The van der Waals surface area contributed by atoms with Crippen molar-refractivity contribution in [3.8, 4) is 0 Å². The van der Waals surface area contributed by atoms with E-state index >= 15 is 0 Å². The minimum Gasteiger partial charge on any atom is -0.463 e. The molecule has 15 heavy (non-hydrogen) atoms. The lowest BCUT2D eigenvalue weighted by Gasteiger charge is -2.00. The van der Waals surface area contributed by atoms with Gasteiger partial charge in [-0.25, -0.2) is 4.79 Å². The van der Waals surface area contributed by atoms with Gasteiger partial charge in [-0.15, -0.1) is 0 Å². The van der Waals surface area contributed by atoms with E-state index in [2.05, 4.69) is 27.3 Å². The Balaban J connectivity index is 3.24. The highest BCUT2D eigenvalue weighted by molar-refractivity contribution is 14.1. The molecule has 4 heteroatoms. The van der Waals surface area contributed by atoms with Gasteiger partial charge in [0.2, 0.25) is 5.78 Å². The molecule has 0 aromatic rings. The van der Waals surface area contributed by atoms with E-state index in [1.165, 1.54) is 30.8 Å². The van der Waals surface area contributed by atoms with E-state index in [1.807, 2.05) is 0 Å². The van der Waals surface area contributed by atoms with Crippen molar-refractivity contribution in [3.63, 3.8) is 0 Å². The Labute approximate surface area is 105 Å². The molecule has 0 spiro atoms. The van der Waals surface area contributed by atoms with E-state index in [-0.39, 0.29) is 0 Å². The standard InChI is InChI=1S/C11H19IO3/c1-15-11(14)10(13)8-6-4-2-3-5-7-9-12/h2-9H2,1H3.